The predicted molar refractivity (Wildman–Crippen MR) is 119 cm³/mol. The van der Waals surface area contributed by atoms with E-state index in [1.807, 2.05) is 18.2 Å². The molecule has 0 unspecified atom stereocenters. The van der Waals surface area contributed by atoms with Crippen molar-refractivity contribution < 1.29 is 9.59 Å². The van der Waals surface area contributed by atoms with Gasteiger partial charge < -0.3 is 10.2 Å². The molecule has 2 aromatic rings. The van der Waals surface area contributed by atoms with E-state index >= 15 is 0 Å². The molecule has 30 heavy (non-hydrogen) atoms. The zero-order valence-electron chi connectivity index (χ0n) is 17.9. The van der Waals surface area contributed by atoms with E-state index in [4.69, 9.17) is 0 Å². The van der Waals surface area contributed by atoms with Crippen LogP contribution in [0.15, 0.2) is 54.6 Å². The number of carbonyl (C=O) groups is 2. The fraction of sp³-hybridized carbons (Fsp3) is 0.462. The minimum absolute atomic E-state index is 0.0839. The van der Waals surface area contributed by atoms with Crippen LogP contribution in [-0.4, -0.2) is 36.9 Å². The Morgan fingerprint density at radius 2 is 1.60 bits per heavy atom. The van der Waals surface area contributed by atoms with E-state index in [1.54, 1.807) is 7.05 Å². The Bertz CT molecular complexity index is 864. The predicted octanol–water partition coefficient (Wildman–Crippen LogP) is 3.88. The van der Waals surface area contributed by atoms with Crippen LogP contribution in [-0.2, 0) is 27.8 Å². The minimum Gasteiger partial charge on any atom is -0.359 e. The second-order valence-electron chi connectivity index (χ2n) is 8.88. The van der Waals surface area contributed by atoms with Gasteiger partial charge in [-0.1, -0.05) is 54.6 Å². The SMILES string of the molecule is CNC(=O)CCc1ccc(CC2CCN(C(=O)C3(c4ccccc4)CC3)CC2)cc1. The summed E-state index contributed by atoms with van der Waals surface area (Å²) < 4.78 is 0. The zero-order valence-corrected chi connectivity index (χ0v) is 17.9. The molecule has 1 aliphatic heterocycles. The van der Waals surface area contributed by atoms with Crippen molar-refractivity contribution >= 4 is 11.8 Å². The first-order valence-electron chi connectivity index (χ1n) is 11.2. The Labute approximate surface area is 179 Å². The summed E-state index contributed by atoms with van der Waals surface area (Å²) in [6.45, 7) is 1.75. The molecular formula is C26H32N2O2. The van der Waals surface area contributed by atoms with E-state index in [-0.39, 0.29) is 11.3 Å². The maximum atomic E-state index is 13.2. The Hall–Kier alpha value is -2.62. The average Bonchev–Trinajstić information content (AvgIpc) is 3.61. The standard InChI is InChI=1S/C26H32N2O2/c1-27-24(29)12-11-20-7-9-21(10-8-20)19-22-13-17-28(18-14-22)25(30)26(15-16-26)23-5-3-2-4-6-23/h2-10,22H,11-19H2,1H3,(H,27,29). The number of carbonyl (C=O) groups excluding carboxylic acids is 2. The molecule has 2 aromatic carbocycles. The number of amides is 2. The second kappa shape index (κ2) is 9.03. The van der Waals surface area contributed by atoms with Gasteiger partial charge in [0, 0.05) is 26.6 Å². The number of hydrogen-bond donors (Lipinski definition) is 1. The van der Waals surface area contributed by atoms with Crippen LogP contribution >= 0.6 is 0 Å². The van der Waals surface area contributed by atoms with E-state index < -0.39 is 0 Å². The highest BCUT2D eigenvalue weighted by Gasteiger charge is 2.53. The molecule has 2 fully saturated rings. The lowest BCUT2D eigenvalue weighted by Crippen LogP contribution is -2.44. The van der Waals surface area contributed by atoms with Crippen molar-refractivity contribution in [1.82, 2.24) is 10.2 Å². The van der Waals surface area contributed by atoms with Gasteiger partial charge in [0.25, 0.3) is 0 Å². The van der Waals surface area contributed by atoms with Crippen LogP contribution in [0.25, 0.3) is 0 Å². The summed E-state index contributed by atoms with van der Waals surface area (Å²) in [5, 5.41) is 2.67. The van der Waals surface area contributed by atoms with Gasteiger partial charge in [-0.2, -0.15) is 0 Å². The minimum atomic E-state index is -0.237. The van der Waals surface area contributed by atoms with Crippen molar-refractivity contribution in [1.29, 1.82) is 0 Å². The van der Waals surface area contributed by atoms with Crippen LogP contribution in [0.2, 0.25) is 0 Å². The summed E-state index contributed by atoms with van der Waals surface area (Å²) >= 11 is 0. The number of rotatable bonds is 7. The normalized spacial score (nSPS) is 18.1. The maximum Gasteiger partial charge on any atom is 0.233 e. The summed E-state index contributed by atoms with van der Waals surface area (Å²) in [6, 6.07) is 19.0. The smallest absolute Gasteiger partial charge is 0.233 e. The largest absolute Gasteiger partial charge is 0.359 e. The average molecular weight is 405 g/mol. The lowest BCUT2D eigenvalue weighted by atomic mass is 9.88. The lowest BCUT2D eigenvalue weighted by Gasteiger charge is -2.34. The molecule has 4 nitrogen and oxygen atoms in total. The van der Waals surface area contributed by atoms with Crippen LogP contribution in [0.3, 0.4) is 0 Å². The van der Waals surface area contributed by atoms with Gasteiger partial charge in [-0.05, 0) is 61.1 Å². The molecular weight excluding hydrogens is 372 g/mol. The molecule has 1 saturated carbocycles. The molecule has 1 saturated heterocycles. The van der Waals surface area contributed by atoms with E-state index in [0.29, 0.717) is 18.2 Å². The van der Waals surface area contributed by atoms with Gasteiger partial charge in [0.05, 0.1) is 5.41 Å². The van der Waals surface area contributed by atoms with E-state index in [9.17, 15) is 9.59 Å². The fourth-order valence-corrected chi connectivity index (χ4v) is 4.71. The molecule has 2 amide bonds. The first kappa shape index (κ1) is 20.6. The van der Waals surface area contributed by atoms with Gasteiger partial charge in [0.1, 0.15) is 0 Å². The number of aryl methyl sites for hydroxylation is 1. The molecule has 4 heteroatoms. The third kappa shape index (κ3) is 4.58. The second-order valence-corrected chi connectivity index (χ2v) is 8.88. The first-order valence-corrected chi connectivity index (χ1v) is 11.2. The number of piperidine rings is 1. The first-order chi connectivity index (χ1) is 14.6. The number of nitrogens with zero attached hydrogens (tertiary/aromatic N) is 1. The van der Waals surface area contributed by atoms with Gasteiger partial charge in [-0.15, -0.1) is 0 Å². The van der Waals surface area contributed by atoms with E-state index in [1.165, 1.54) is 16.7 Å². The molecule has 0 radical (unpaired) electrons. The quantitative estimate of drug-likeness (QED) is 0.761. The Morgan fingerprint density at radius 3 is 2.20 bits per heavy atom. The van der Waals surface area contributed by atoms with Crippen LogP contribution in [0.1, 0.15) is 48.8 Å². The van der Waals surface area contributed by atoms with Gasteiger partial charge in [0.15, 0.2) is 0 Å². The molecule has 1 N–H and O–H groups in total. The van der Waals surface area contributed by atoms with Crippen molar-refractivity contribution in [2.75, 3.05) is 20.1 Å². The van der Waals surface area contributed by atoms with E-state index in [2.05, 4.69) is 46.6 Å². The van der Waals surface area contributed by atoms with Crippen LogP contribution < -0.4 is 5.32 Å². The van der Waals surface area contributed by atoms with Crippen LogP contribution in [0.5, 0.6) is 0 Å². The number of likely N-dealkylation sites (tertiary alicyclic amines) is 1. The maximum absolute atomic E-state index is 13.2. The third-order valence-electron chi connectivity index (χ3n) is 6.85. The van der Waals surface area contributed by atoms with Crippen molar-refractivity contribution in [3.8, 4) is 0 Å². The number of benzene rings is 2. The summed E-state index contributed by atoms with van der Waals surface area (Å²) in [5.41, 5.74) is 3.51. The Balaban J connectivity index is 1.27. The molecule has 1 aliphatic carbocycles. The Morgan fingerprint density at radius 1 is 0.967 bits per heavy atom. The zero-order chi connectivity index (χ0) is 21.0. The topological polar surface area (TPSA) is 49.4 Å². The molecule has 0 spiro atoms. The summed E-state index contributed by atoms with van der Waals surface area (Å²) in [5.74, 6) is 1.06. The summed E-state index contributed by atoms with van der Waals surface area (Å²) in [6.07, 6.45) is 6.52. The number of nitrogens with one attached hydrogen (secondary N) is 1. The van der Waals surface area contributed by atoms with Crippen molar-refractivity contribution in [2.45, 2.75) is 50.4 Å². The van der Waals surface area contributed by atoms with Crippen LogP contribution in [0.4, 0.5) is 0 Å². The molecule has 0 aromatic heterocycles. The molecule has 0 bridgehead atoms. The Kier molecular flexibility index (Phi) is 6.21. The monoisotopic (exact) mass is 404 g/mol. The fourth-order valence-electron chi connectivity index (χ4n) is 4.71. The highest BCUT2D eigenvalue weighted by Crippen LogP contribution is 2.49. The van der Waals surface area contributed by atoms with Crippen LogP contribution in [0, 0.1) is 5.92 Å². The molecule has 4 rings (SSSR count). The summed E-state index contributed by atoms with van der Waals surface area (Å²) in [7, 11) is 1.68. The van der Waals surface area contributed by atoms with Gasteiger partial charge >= 0.3 is 0 Å². The van der Waals surface area contributed by atoms with Crippen molar-refractivity contribution in [2.24, 2.45) is 5.92 Å². The van der Waals surface area contributed by atoms with Gasteiger partial charge in [0.2, 0.25) is 11.8 Å². The third-order valence-corrected chi connectivity index (χ3v) is 6.85. The molecule has 158 valence electrons. The van der Waals surface area contributed by atoms with Gasteiger partial charge in [-0.25, -0.2) is 0 Å². The highest BCUT2D eigenvalue weighted by molar-refractivity contribution is 5.91. The molecule has 0 atom stereocenters. The summed E-state index contributed by atoms with van der Waals surface area (Å²) in [4.78, 5) is 26.7. The molecule has 1 heterocycles. The van der Waals surface area contributed by atoms with Gasteiger partial charge in [-0.3, -0.25) is 9.59 Å². The highest BCUT2D eigenvalue weighted by atomic mass is 16.2. The lowest BCUT2D eigenvalue weighted by molar-refractivity contribution is -0.135. The van der Waals surface area contributed by atoms with Crippen molar-refractivity contribution in [3.63, 3.8) is 0 Å². The van der Waals surface area contributed by atoms with E-state index in [0.717, 1.165) is 51.6 Å². The number of hydrogen-bond acceptors (Lipinski definition) is 2. The van der Waals surface area contributed by atoms with Crippen molar-refractivity contribution in [3.05, 3.63) is 71.3 Å². The molecule has 2 aliphatic rings.